The first kappa shape index (κ1) is 15.8. The third-order valence-electron chi connectivity index (χ3n) is 3.44. The van der Waals surface area contributed by atoms with Crippen molar-refractivity contribution in [3.05, 3.63) is 18.0 Å². The number of alkyl carbamates (subject to hydrolysis) is 1. The zero-order chi connectivity index (χ0) is 15.1. The summed E-state index contributed by atoms with van der Waals surface area (Å²) in [4.78, 5) is 11.7. The number of ether oxygens (including phenoxy) is 2. The van der Waals surface area contributed by atoms with Crippen LogP contribution in [0, 0.1) is 0 Å². The van der Waals surface area contributed by atoms with Gasteiger partial charge in [0, 0.05) is 31.3 Å². The van der Waals surface area contributed by atoms with Crippen LogP contribution in [0.4, 0.5) is 9.18 Å². The summed E-state index contributed by atoms with van der Waals surface area (Å²) >= 11 is 0. The van der Waals surface area contributed by atoms with E-state index in [0.717, 1.165) is 24.9 Å². The number of carbonyl (C=O) groups is 1. The smallest absolute Gasteiger partial charge is 0.407 e. The van der Waals surface area contributed by atoms with Crippen LogP contribution in [-0.4, -0.2) is 41.8 Å². The molecule has 6 nitrogen and oxygen atoms in total. The van der Waals surface area contributed by atoms with Crippen molar-refractivity contribution in [3.63, 3.8) is 0 Å². The Morgan fingerprint density at radius 3 is 3.24 bits per heavy atom. The summed E-state index contributed by atoms with van der Waals surface area (Å²) in [5, 5.41) is 7.04. The van der Waals surface area contributed by atoms with Gasteiger partial charge in [-0.15, -0.1) is 0 Å². The topological polar surface area (TPSA) is 65.4 Å². The maximum atomic E-state index is 12.0. The number of nitrogens with zero attached hydrogens (tertiary/aromatic N) is 2. The Hall–Kier alpha value is -1.63. The average molecular weight is 299 g/mol. The number of nitrogens with one attached hydrogen (secondary N) is 1. The van der Waals surface area contributed by atoms with Gasteiger partial charge in [0.2, 0.25) is 0 Å². The van der Waals surface area contributed by atoms with Gasteiger partial charge in [-0.25, -0.2) is 4.79 Å². The van der Waals surface area contributed by atoms with Crippen molar-refractivity contribution in [3.8, 4) is 0 Å². The number of halogens is 1. The molecule has 1 aliphatic rings. The van der Waals surface area contributed by atoms with E-state index in [1.54, 1.807) is 6.20 Å². The Kier molecular flexibility index (Phi) is 5.98. The summed E-state index contributed by atoms with van der Waals surface area (Å²) in [7, 11) is 0. The molecule has 7 heteroatoms. The van der Waals surface area contributed by atoms with E-state index in [4.69, 9.17) is 9.47 Å². The Bertz CT molecular complexity index is 452. The molecule has 1 N–H and O–H groups in total. The molecule has 1 fully saturated rings. The number of aryl methyl sites for hydroxylation is 1. The molecule has 2 heterocycles. The van der Waals surface area contributed by atoms with Crippen molar-refractivity contribution < 1.29 is 18.7 Å². The van der Waals surface area contributed by atoms with Crippen molar-refractivity contribution in [1.82, 2.24) is 15.1 Å². The lowest BCUT2D eigenvalue weighted by Gasteiger charge is -2.31. The maximum absolute atomic E-state index is 12.0. The first-order chi connectivity index (χ1) is 10.2. The monoisotopic (exact) mass is 299 g/mol. The predicted molar refractivity (Wildman–Crippen MR) is 74.7 cm³/mol. The molecule has 0 saturated carbocycles. The molecule has 1 aromatic heterocycles. The van der Waals surface area contributed by atoms with E-state index >= 15 is 0 Å². The van der Waals surface area contributed by atoms with Crippen LogP contribution >= 0.6 is 0 Å². The lowest BCUT2D eigenvalue weighted by molar-refractivity contribution is -0.0109. The fourth-order valence-electron chi connectivity index (χ4n) is 2.37. The highest BCUT2D eigenvalue weighted by atomic mass is 19.1. The quantitative estimate of drug-likeness (QED) is 0.818. The number of carbonyl (C=O) groups excluding carboxylic acids is 1. The van der Waals surface area contributed by atoms with E-state index in [1.807, 2.05) is 17.8 Å². The molecule has 21 heavy (non-hydrogen) atoms. The van der Waals surface area contributed by atoms with Crippen molar-refractivity contribution in [2.75, 3.05) is 19.9 Å². The molecule has 1 amide bonds. The number of amides is 1. The van der Waals surface area contributed by atoms with Gasteiger partial charge in [-0.3, -0.25) is 9.07 Å². The normalized spacial score (nSPS) is 22.0. The van der Waals surface area contributed by atoms with Crippen LogP contribution in [0.2, 0.25) is 0 Å². The molecule has 2 rings (SSSR count). The second-order valence-corrected chi connectivity index (χ2v) is 4.99. The number of hydrogen-bond donors (Lipinski definition) is 1. The standard InChI is InChI=1S/C14H22FN3O3/c1-2-18-10-11(9-16-18)13-12(5-3-7-20-13)17-14(19)21-8-4-6-15/h9-10,12-13H,2-8H2,1H3,(H,17,19)/t12-,13+/m1/s1. The molecule has 1 aliphatic heterocycles. The molecule has 1 aromatic rings. The van der Waals surface area contributed by atoms with Crippen LogP contribution in [-0.2, 0) is 16.0 Å². The summed E-state index contributed by atoms with van der Waals surface area (Å²) in [6.07, 6.45) is 4.89. The number of hydrogen-bond acceptors (Lipinski definition) is 4. The van der Waals surface area contributed by atoms with E-state index in [2.05, 4.69) is 10.4 Å². The van der Waals surface area contributed by atoms with Crippen LogP contribution in [0.15, 0.2) is 12.4 Å². The largest absolute Gasteiger partial charge is 0.449 e. The Balaban J connectivity index is 1.93. The van der Waals surface area contributed by atoms with Gasteiger partial charge < -0.3 is 14.8 Å². The van der Waals surface area contributed by atoms with Crippen LogP contribution in [0.3, 0.4) is 0 Å². The average Bonchev–Trinajstić information content (AvgIpc) is 2.97. The third kappa shape index (κ3) is 4.42. The van der Waals surface area contributed by atoms with Crippen molar-refractivity contribution in [2.45, 2.75) is 44.9 Å². The van der Waals surface area contributed by atoms with Crippen molar-refractivity contribution in [2.24, 2.45) is 0 Å². The molecule has 2 atom stereocenters. The van der Waals surface area contributed by atoms with E-state index in [9.17, 15) is 9.18 Å². The third-order valence-corrected chi connectivity index (χ3v) is 3.44. The van der Waals surface area contributed by atoms with Gasteiger partial charge in [-0.2, -0.15) is 5.10 Å². The van der Waals surface area contributed by atoms with Crippen LogP contribution in [0.5, 0.6) is 0 Å². The summed E-state index contributed by atoms with van der Waals surface area (Å²) in [6.45, 7) is 3.07. The zero-order valence-electron chi connectivity index (χ0n) is 12.3. The fraction of sp³-hybridized carbons (Fsp3) is 0.714. The highest BCUT2D eigenvalue weighted by Gasteiger charge is 2.30. The minimum Gasteiger partial charge on any atom is -0.449 e. The summed E-state index contributed by atoms with van der Waals surface area (Å²) in [6, 6.07) is -0.147. The van der Waals surface area contributed by atoms with Crippen LogP contribution in [0.1, 0.15) is 37.9 Å². The predicted octanol–water partition coefficient (Wildman–Crippen LogP) is 2.21. The molecule has 0 unspecified atom stereocenters. The lowest BCUT2D eigenvalue weighted by Crippen LogP contribution is -2.43. The maximum Gasteiger partial charge on any atom is 0.407 e. The van der Waals surface area contributed by atoms with Crippen LogP contribution in [0.25, 0.3) is 0 Å². The van der Waals surface area contributed by atoms with E-state index < -0.39 is 12.8 Å². The van der Waals surface area contributed by atoms with Gasteiger partial charge in [0.25, 0.3) is 0 Å². The fourth-order valence-corrected chi connectivity index (χ4v) is 2.37. The van der Waals surface area contributed by atoms with Gasteiger partial charge in [0.05, 0.1) is 25.5 Å². The molecule has 118 valence electrons. The highest BCUT2D eigenvalue weighted by Crippen LogP contribution is 2.28. The van der Waals surface area contributed by atoms with Gasteiger partial charge in [-0.05, 0) is 19.8 Å². The highest BCUT2D eigenvalue weighted by molar-refractivity contribution is 5.67. The minimum absolute atomic E-state index is 0.0916. The van der Waals surface area contributed by atoms with Gasteiger partial charge in [0.1, 0.15) is 6.10 Å². The summed E-state index contributed by atoms with van der Waals surface area (Å²) in [5.74, 6) is 0. The molecule has 1 saturated heterocycles. The molecule has 0 aromatic carbocycles. The Morgan fingerprint density at radius 1 is 1.67 bits per heavy atom. The van der Waals surface area contributed by atoms with Crippen LogP contribution < -0.4 is 5.32 Å². The second-order valence-electron chi connectivity index (χ2n) is 4.99. The molecule has 0 spiro atoms. The molecular formula is C14H22FN3O3. The summed E-state index contributed by atoms with van der Waals surface area (Å²) in [5.41, 5.74) is 0.950. The summed E-state index contributed by atoms with van der Waals surface area (Å²) < 4.78 is 24.5. The number of alkyl halides is 1. The molecule has 0 bridgehead atoms. The van der Waals surface area contributed by atoms with E-state index in [0.29, 0.717) is 6.61 Å². The Labute approximate surface area is 123 Å². The van der Waals surface area contributed by atoms with E-state index in [1.165, 1.54) is 0 Å². The first-order valence-corrected chi connectivity index (χ1v) is 7.37. The molecular weight excluding hydrogens is 277 g/mol. The number of aromatic nitrogens is 2. The van der Waals surface area contributed by atoms with E-state index in [-0.39, 0.29) is 25.2 Å². The number of rotatable bonds is 6. The molecule has 0 aliphatic carbocycles. The minimum atomic E-state index is -0.521. The Morgan fingerprint density at radius 2 is 2.52 bits per heavy atom. The zero-order valence-corrected chi connectivity index (χ0v) is 12.3. The first-order valence-electron chi connectivity index (χ1n) is 7.37. The SMILES string of the molecule is CCn1cc([C@@H]2OCCC[C@H]2NC(=O)OCCCF)cn1. The van der Waals surface area contributed by atoms with Gasteiger partial charge in [-0.1, -0.05) is 0 Å². The van der Waals surface area contributed by atoms with Gasteiger partial charge in [0.15, 0.2) is 0 Å². The lowest BCUT2D eigenvalue weighted by atomic mass is 9.98. The second kappa shape index (κ2) is 7.97. The molecule has 0 radical (unpaired) electrons. The van der Waals surface area contributed by atoms with Crippen molar-refractivity contribution >= 4 is 6.09 Å². The van der Waals surface area contributed by atoms with Gasteiger partial charge >= 0.3 is 6.09 Å². The van der Waals surface area contributed by atoms with Crippen molar-refractivity contribution in [1.29, 1.82) is 0 Å².